The van der Waals surface area contributed by atoms with Gasteiger partial charge in [0, 0.05) is 12.8 Å². The van der Waals surface area contributed by atoms with Gasteiger partial charge in [0.2, 0.25) is 23.4 Å². The van der Waals surface area contributed by atoms with Crippen LogP contribution in [0, 0.1) is 11.8 Å². The van der Waals surface area contributed by atoms with Crippen LogP contribution in [-0.2, 0) is 30.3 Å². The number of amides is 3. The van der Waals surface area contributed by atoms with Gasteiger partial charge in [0.15, 0.2) is 0 Å². The molecule has 9 heteroatoms. The number of hydrogen-bond donors (Lipinski definition) is 3. The molecule has 1 saturated carbocycles. The van der Waals surface area contributed by atoms with Crippen molar-refractivity contribution >= 4 is 29.5 Å². The van der Waals surface area contributed by atoms with Gasteiger partial charge in [-0.2, -0.15) is 0 Å². The molecule has 0 aromatic heterocycles. The number of rotatable bonds is 15. The number of benzene rings is 1. The van der Waals surface area contributed by atoms with E-state index < -0.39 is 53.2 Å². The van der Waals surface area contributed by atoms with Crippen molar-refractivity contribution in [2.75, 3.05) is 0 Å². The highest BCUT2D eigenvalue weighted by Crippen LogP contribution is 2.28. The number of Topliss-reactive ketones (excluding diaryl/α,β-unsaturated/α-hetero) is 2. The summed E-state index contributed by atoms with van der Waals surface area (Å²) in [7, 11) is 0. The van der Waals surface area contributed by atoms with E-state index in [-0.39, 0.29) is 24.7 Å². The normalized spacial score (nSPS) is 16.2. The summed E-state index contributed by atoms with van der Waals surface area (Å²) < 4.78 is 5.39. The molecule has 0 bridgehead atoms. The first-order valence-electron chi connectivity index (χ1n) is 15.5. The van der Waals surface area contributed by atoms with Crippen molar-refractivity contribution in [2.24, 2.45) is 11.8 Å². The van der Waals surface area contributed by atoms with Crippen LogP contribution in [0.15, 0.2) is 30.3 Å². The van der Waals surface area contributed by atoms with E-state index in [0.717, 1.165) is 37.7 Å². The van der Waals surface area contributed by atoms with Crippen molar-refractivity contribution in [1.82, 2.24) is 16.0 Å². The second kappa shape index (κ2) is 17.0. The van der Waals surface area contributed by atoms with Crippen molar-refractivity contribution in [3.63, 3.8) is 0 Å². The van der Waals surface area contributed by atoms with Crippen molar-refractivity contribution in [3.05, 3.63) is 35.9 Å². The molecule has 0 radical (unpaired) electrons. The Bertz CT molecular complexity index is 1040. The van der Waals surface area contributed by atoms with Crippen molar-refractivity contribution in [1.29, 1.82) is 0 Å². The molecule has 2 rings (SSSR count). The van der Waals surface area contributed by atoms with Crippen molar-refractivity contribution in [2.45, 2.75) is 129 Å². The first-order valence-corrected chi connectivity index (χ1v) is 15.5. The standard InChI is InChI=1S/C33H51N3O6/c1-7-14-28(37)29(38)25(20-23-15-10-8-11-16-23)34-30(39)26(19-22(2)3)35-31(40)27(21-24-17-12-9-13-18-24)36-32(41)42-33(4,5)6/h9,12-13,17-18,22-23,25-27H,7-8,10-11,14-16,19-21H2,1-6H3,(H,34,39)(H,35,40)(H,36,41)/t25-,26-,27-/m0/s1. The highest BCUT2D eigenvalue weighted by molar-refractivity contribution is 6.39. The third-order valence-electron chi connectivity index (χ3n) is 7.31. The molecular formula is C33H51N3O6. The van der Waals surface area contributed by atoms with Crippen LogP contribution in [0.3, 0.4) is 0 Å². The topological polar surface area (TPSA) is 131 Å². The average molecular weight is 586 g/mol. The highest BCUT2D eigenvalue weighted by Gasteiger charge is 2.34. The van der Waals surface area contributed by atoms with Crippen LogP contribution in [0.1, 0.15) is 105 Å². The summed E-state index contributed by atoms with van der Waals surface area (Å²) in [5, 5.41) is 8.32. The number of nitrogens with one attached hydrogen (secondary N) is 3. The molecule has 1 aliphatic carbocycles. The van der Waals surface area contributed by atoms with Crippen LogP contribution in [0.2, 0.25) is 0 Å². The molecule has 0 saturated heterocycles. The lowest BCUT2D eigenvalue weighted by Crippen LogP contribution is -2.57. The monoisotopic (exact) mass is 585 g/mol. The number of ether oxygens (including phenoxy) is 1. The molecule has 0 unspecified atom stereocenters. The number of alkyl carbamates (subject to hydrolysis) is 1. The minimum atomic E-state index is -1.00. The zero-order valence-electron chi connectivity index (χ0n) is 26.3. The fraction of sp³-hybridized carbons (Fsp3) is 0.667. The lowest BCUT2D eigenvalue weighted by atomic mass is 9.83. The molecule has 3 amide bonds. The molecule has 0 spiro atoms. The van der Waals surface area contributed by atoms with Crippen molar-refractivity contribution in [3.8, 4) is 0 Å². The Labute approximate surface area is 251 Å². The van der Waals surface area contributed by atoms with E-state index in [0.29, 0.717) is 19.3 Å². The minimum absolute atomic E-state index is 0.0432. The maximum Gasteiger partial charge on any atom is 0.408 e. The molecular weight excluding hydrogens is 534 g/mol. The fourth-order valence-corrected chi connectivity index (χ4v) is 5.29. The van der Waals surface area contributed by atoms with E-state index in [1.54, 1.807) is 20.8 Å². The van der Waals surface area contributed by atoms with E-state index >= 15 is 0 Å². The zero-order valence-corrected chi connectivity index (χ0v) is 26.3. The Morgan fingerprint density at radius 1 is 0.857 bits per heavy atom. The molecule has 42 heavy (non-hydrogen) atoms. The van der Waals surface area contributed by atoms with E-state index in [9.17, 15) is 24.0 Å². The van der Waals surface area contributed by atoms with Crippen LogP contribution in [0.4, 0.5) is 4.79 Å². The predicted octanol–water partition coefficient (Wildman–Crippen LogP) is 5.05. The maximum absolute atomic E-state index is 13.6. The van der Waals surface area contributed by atoms with E-state index in [4.69, 9.17) is 4.74 Å². The average Bonchev–Trinajstić information content (AvgIpc) is 2.91. The predicted molar refractivity (Wildman–Crippen MR) is 163 cm³/mol. The van der Waals surface area contributed by atoms with Gasteiger partial charge in [-0.1, -0.05) is 83.2 Å². The van der Waals surface area contributed by atoms with Gasteiger partial charge >= 0.3 is 6.09 Å². The Hall–Kier alpha value is -3.23. The SMILES string of the molecule is CCCC(=O)C(=O)[C@H](CC1CCCCC1)NC(=O)[C@H](CC(C)C)NC(=O)[C@H](Cc1ccccc1)NC(=O)OC(C)(C)C. The Morgan fingerprint density at radius 2 is 1.45 bits per heavy atom. The molecule has 0 heterocycles. The highest BCUT2D eigenvalue weighted by atomic mass is 16.6. The summed E-state index contributed by atoms with van der Waals surface area (Å²) in [6.45, 7) is 10.9. The van der Waals surface area contributed by atoms with Crippen LogP contribution in [0.25, 0.3) is 0 Å². The van der Waals surface area contributed by atoms with Gasteiger partial charge in [0.05, 0.1) is 6.04 Å². The lowest BCUT2D eigenvalue weighted by molar-refractivity contribution is -0.139. The van der Waals surface area contributed by atoms with Gasteiger partial charge in [-0.05, 0) is 57.4 Å². The second-order valence-electron chi connectivity index (χ2n) is 12.9. The summed E-state index contributed by atoms with van der Waals surface area (Å²) in [5.74, 6) is -1.80. The van der Waals surface area contributed by atoms with Crippen LogP contribution >= 0.6 is 0 Å². The molecule has 3 N–H and O–H groups in total. The molecule has 1 aromatic rings. The van der Waals surface area contributed by atoms with Gasteiger partial charge in [-0.3, -0.25) is 19.2 Å². The zero-order chi connectivity index (χ0) is 31.3. The number of carbonyl (C=O) groups excluding carboxylic acids is 5. The summed E-state index contributed by atoms with van der Waals surface area (Å²) in [5.41, 5.74) is 0.0682. The third-order valence-corrected chi connectivity index (χ3v) is 7.31. The quantitative estimate of drug-likeness (QED) is 0.247. The summed E-state index contributed by atoms with van der Waals surface area (Å²) in [6, 6.07) is 6.36. The van der Waals surface area contributed by atoms with Crippen molar-refractivity contribution < 1.29 is 28.7 Å². The number of carbonyl (C=O) groups is 5. The molecule has 9 nitrogen and oxygen atoms in total. The molecule has 1 fully saturated rings. The third kappa shape index (κ3) is 12.7. The summed E-state index contributed by atoms with van der Waals surface area (Å²) >= 11 is 0. The first kappa shape index (κ1) is 35.0. The fourth-order valence-electron chi connectivity index (χ4n) is 5.29. The molecule has 0 aliphatic heterocycles. The first-order chi connectivity index (χ1) is 19.8. The Morgan fingerprint density at radius 3 is 2.02 bits per heavy atom. The number of hydrogen-bond acceptors (Lipinski definition) is 6. The Kier molecular flexibility index (Phi) is 14.2. The maximum atomic E-state index is 13.6. The van der Waals surface area contributed by atoms with E-state index in [1.165, 1.54) is 0 Å². The largest absolute Gasteiger partial charge is 0.444 e. The minimum Gasteiger partial charge on any atom is -0.444 e. The summed E-state index contributed by atoms with van der Waals surface area (Å²) in [4.78, 5) is 65.6. The van der Waals surface area contributed by atoms with Gasteiger partial charge in [-0.25, -0.2) is 4.79 Å². The van der Waals surface area contributed by atoms with Gasteiger partial charge in [0.1, 0.15) is 17.7 Å². The smallest absolute Gasteiger partial charge is 0.408 e. The molecule has 1 aromatic carbocycles. The van der Waals surface area contributed by atoms with Gasteiger partial charge in [-0.15, -0.1) is 0 Å². The molecule has 234 valence electrons. The van der Waals surface area contributed by atoms with Crippen LogP contribution in [0.5, 0.6) is 0 Å². The van der Waals surface area contributed by atoms with Gasteiger partial charge < -0.3 is 20.7 Å². The molecule has 1 aliphatic rings. The van der Waals surface area contributed by atoms with Crippen LogP contribution in [-0.4, -0.2) is 53.2 Å². The van der Waals surface area contributed by atoms with E-state index in [2.05, 4.69) is 16.0 Å². The second-order valence-corrected chi connectivity index (χ2v) is 12.9. The summed E-state index contributed by atoms with van der Waals surface area (Å²) in [6.07, 6.45) is 6.09. The Balaban J connectivity index is 2.25. The van der Waals surface area contributed by atoms with Gasteiger partial charge in [0.25, 0.3) is 0 Å². The molecule has 3 atom stereocenters. The van der Waals surface area contributed by atoms with E-state index in [1.807, 2.05) is 51.1 Å². The lowest BCUT2D eigenvalue weighted by Gasteiger charge is -2.29. The number of ketones is 2. The van der Waals surface area contributed by atoms with Crippen LogP contribution < -0.4 is 16.0 Å².